The van der Waals surface area contributed by atoms with Crippen molar-refractivity contribution in [1.29, 1.82) is 0 Å². The van der Waals surface area contributed by atoms with Gasteiger partial charge in [0, 0.05) is 20.6 Å². The maximum Gasteiger partial charge on any atom is 0.244 e. The van der Waals surface area contributed by atoms with Crippen LogP contribution in [0.15, 0.2) is 42.5 Å². The molecule has 2 aromatic carbocycles. The normalized spacial score (nSPS) is 12.1. The number of nitrogens with zero attached hydrogens (tertiary/aromatic N) is 2. The molecule has 1 amide bonds. The lowest BCUT2D eigenvalue weighted by Gasteiger charge is -2.30. The minimum atomic E-state index is -0.307. The Bertz CT molecular complexity index is 703. The first-order valence-electron chi connectivity index (χ1n) is 8.45. The summed E-state index contributed by atoms with van der Waals surface area (Å²) in [5, 5.41) is 0. The third kappa shape index (κ3) is 4.40. The average Bonchev–Trinajstić information content (AvgIpc) is 2.55. The summed E-state index contributed by atoms with van der Waals surface area (Å²) in [6, 6.07) is 13.9. The van der Waals surface area contributed by atoms with Crippen molar-refractivity contribution in [3.63, 3.8) is 0 Å². The van der Waals surface area contributed by atoms with Crippen LogP contribution >= 0.6 is 0 Å². The summed E-state index contributed by atoms with van der Waals surface area (Å²) in [7, 11) is 7.29. The number of hydrogen-bond acceptors (Lipinski definition) is 3. The highest BCUT2D eigenvalue weighted by molar-refractivity contribution is 5.82. The van der Waals surface area contributed by atoms with Gasteiger partial charge in [-0.2, -0.15) is 0 Å². The predicted molar refractivity (Wildman–Crippen MR) is 102 cm³/mol. The Labute approximate surface area is 151 Å². The summed E-state index contributed by atoms with van der Waals surface area (Å²) >= 11 is 0. The lowest BCUT2D eigenvalue weighted by molar-refractivity contribution is -0.134. The van der Waals surface area contributed by atoms with E-state index >= 15 is 0 Å². The Morgan fingerprint density at radius 2 is 1.60 bits per heavy atom. The van der Waals surface area contributed by atoms with Crippen LogP contribution < -0.4 is 4.74 Å². The molecule has 0 saturated carbocycles. The van der Waals surface area contributed by atoms with Crippen LogP contribution in [0, 0.1) is 13.8 Å². The minimum absolute atomic E-state index is 0.0793. The first-order valence-corrected chi connectivity index (χ1v) is 8.45. The highest BCUT2D eigenvalue weighted by atomic mass is 16.5. The van der Waals surface area contributed by atoms with Gasteiger partial charge >= 0.3 is 0 Å². The van der Waals surface area contributed by atoms with Gasteiger partial charge in [0.1, 0.15) is 11.8 Å². The summed E-state index contributed by atoms with van der Waals surface area (Å²) in [6.45, 7) is 4.79. The average molecular weight is 340 g/mol. The van der Waals surface area contributed by atoms with Crippen LogP contribution in [0.4, 0.5) is 0 Å². The van der Waals surface area contributed by atoms with Crippen LogP contribution in [0.1, 0.15) is 28.3 Å². The van der Waals surface area contributed by atoms with Crippen LogP contribution in [0.25, 0.3) is 0 Å². The van der Waals surface area contributed by atoms with Gasteiger partial charge in [0.15, 0.2) is 0 Å². The Balaban J connectivity index is 2.32. The first-order chi connectivity index (χ1) is 11.8. The molecule has 0 heterocycles. The molecule has 4 nitrogen and oxygen atoms in total. The van der Waals surface area contributed by atoms with Gasteiger partial charge in [-0.25, -0.2) is 0 Å². The van der Waals surface area contributed by atoms with Crippen LogP contribution in [-0.4, -0.2) is 44.0 Å². The zero-order valence-corrected chi connectivity index (χ0v) is 16.0. The number of rotatable bonds is 6. The van der Waals surface area contributed by atoms with Crippen molar-refractivity contribution < 1.29 is 9.53 Å². The molecule has 1 atom stereocenters. The summed E-state index contributed by atoms with van der Waals surface area (Å²) in [6.07, 6.45) is 0. The second-order valence-electron chi connectivity index (χ2n) is 6.72. The Kier molecular flexibility index (Phi) is 6.21. The van der Waals surface area contributed by atoms with E-state index in [0.717, 1.165) is 22.4 Å². The molecule has 0 bridgehead atoms. The molecule has 0 aliphatic heterocycles. The van der Waals surface area contributed by atoms with Crippen LogP contribution in [0.2, 0.25) is 0 Å². The van der Waals surface area contributed by atoms with E-state index in [1.54, 1.807) is 26.1 Å². The third-order valence-corrected chi connectivity index (χ3v) is 4.39. The largest absolute Gasteiger partial charge is 0.496 e. The number of aryl methyl sites for hydroxylation is 2. The monoisotopic (exact) mass is 340 g/mol. The van der Waals surface area contributed by atoms with Gasteiger partial charge in [0.05, 0.1) is 7.11 Å². The van der Waals surface area contributed by atoms with Crippen molar-refractivity contribution in [2.75, 3.05) is 28.3 Å². The first kappa shape index (κ1) is 19.0. The summed E-state index contributed by atoms with van der Waals surface area (Å²) in [5.74, 6) is 1.01. The Morgan fingerprint density at radius 3 is 2.08 bits per heavy atom. The molecule has 0 aromatic heterocycles. The molecule has 0 spiro atoms. The molecule has 0 aliphatic carbocycles. The lowest BCUT2D eigenvalue weighted by Crippen LogP contribution is -2.37. The van der Waals surface area contributed by atoms with E-state index in [4.69, 9.17) is 4.74 Å². The quantitative estimate of drug-likeness (QED) is 0.806. The van der Waals surface area contributed by atoms with Gasteiger partial charge < -0.3 is 9.64 Å². The van der Waals surface area contributed by atoms with Gasteiger partial charge in [-0.15, -0.1) is 0 Å². The van der Waals surface area contributed by atoms with E-state index in [1.807, 2.05) is 37.4 Å². The molecule has 0 fully saturated rings. The number of benzene rings is 2. The van der Waals surface area contributed by atoms with Crippen molar-refractivity contribution in [3.05, 3.63) is 64.7 Å². The number of carbonyl (C=O) groups excluding carboxylic acids is 1. The van der Waals surface area contributed by atoms with Crippen molar-refractivity contribution in [3.8, 4) is 5.75 Å². The fraction of sp³-hybridized carbons (Fsp3) is 0.381. The number of hydrogen-bond donors (Lipinski definition) is 0. The maximum absolute atomic E-state index is 12.8. The van der Waals surface area contributed by atoms with E-state index < -0.39 is 0 Å². The van der Waals surface area contributed by atoms with E-state index in [-0.39, 0.29) is 11.9 Å². The predicted octanol–water partition coefficient (Wildman–Crippen LogP) is 3.57. The smallest absolute Gasteiger partial charge is 0.244 e. The molecule has 4 heteroatoms. The van der Waals surface area contributed by atoms with Crippen molar-refractivity contribution in [2.24, 2.45) is 0 Å². The van der Waals surface area contributed by atoms with E-state index in [9.17, 15) is 4.79 Å². The van der Waals surface area contributed by atoms with E-state index in [0.29, 0.717) is 6.54 Å². The topological polar surface area (TPSA) is 32.8 Å². The molecule has 2 aromatic rings. The van der Waals surface area contributed by atoms with Gasteiger partial charge in [0.25, 0.3) is 0 Å². The molecule has 25 heavy (non-hydrogen) atoms. The van der Waals surface area contributed by atoms with Crippen LogP contribution in [-0.2, 0) is 11.3 Å². The zero-order valence-electron chi connectivity index (χ0n) is 16.0. The molecule has 2 rings (SSSR count). The molecule has 0 saturated heterocycles. The number of carbonyl (C=O) groups is 1. The second kappa shape index (κ2) is 8.17. The number of ether oxygens (including phenoxy) is 1. The summed E-state index contributed by atoms with van der Waals surface area (Å²) in [4.78, 5) is 16.5. The van der Waals surface area contributed by atoms with Crippen LogP contribution in [0.3, 0.4) is 0 Å². The number of methoxy groups -OCH3 is 1. The summed E-state index contributed by atoms with van der Waals surface area (Å²) in [5.41, 5.74) is 4.40. The fourth-order valence-corrected chi connectivity index (χ4v) is 3.30. The lowest BCUT2D eigenvalue weighted by atomic mass is 10.0. The van der Waals surface area contributed by atoms with Gasteiger partial charge in [0.2, 0.25) is 5.91 Å². The van der Waals surface area contributed by atoms with Crippen molar-refractivity contribution >= 4 is 5.91 Å². The van der Waals surface area contributed by atoms with Crippen molar-refractivity contribution in [1.82, 2.24) is 9.80 Å². The molecule has 134 valence electrons. The SMILES string of the molecule is COc1c(C)cc(CN(C)C(C(=O)N(C)C)c2ccccc2)cc1C. The molecular weight excluding hydrogens is 312 g/mol. The van der Waals surface area contributed by atoms with Gasteiger partial charge in [-0.1, -0.05) is 42.5 Å². The Hall–Kier alpha value is -2.33. The van der Waals surface area contributed by atoms with Gasteiger partial charge in [-0.3, -0.25) is 9.69 Å². The van der Waals surface area contributed by atoms with Gasteiger partial charge in [-0.05, 0) is 43.1 Å². The van der Waals surface area contributed by atoms with E-state index in [1.165, 1.54) is 5.56 Å². The highest BCUT2D eigenvalue weighted by Gasteiger charge is 2.26. The molecule has 0 N–H and O–H groups in total. The van der Waals surface area contributed by atoms with Crippen molar-refractivity contribution in [2.45, 2.75) is 26.4 Å². The molecule has 0 radical (unpaired) electrons. The minimum Gasteiger partial charge on any atom is -0.496 e. The molecule has 0 aliphatic rings. The fourth-order valence-electron chi connectivity index (χ4n) is 3.30. The van der Waals surface area contributed by atoms with E-state index in [2.05, 4.69) is 30.9 Å². The third-order valence-electron chi connectivity index (χ3n) is 4.39. The second-order valence-corrected chi connectivity index (χ2v) is 6.72. The maximum atomic E-state index is 12.8. The summed E-state index contributed by atoms with van der Waals surface area (Å²) < 4.78 is 5.45. The van der Waals surface area contributed by atoms with Crippen LogP contribution in [0.5, 0.6) is 5.75 Å². The Morgan fingerprint density at radius 1 is 1.04 bits per heavy atom. The number of likely N-dealkylation sites (N-methyl/N-ethyl adjacent to an activating group) is 2. The number of amides is 1. The standard InChI is InChI=1S/C21H28N2O2/c1-15-12-17(13-16(2)20(15)25-6)14-23(5)19(21(24)22(3)4)18-10-8-7-9-11-18/h7-13,19H,14H2,1-6H3. The zero-order chi connectivity index (χ0) is 18.6. The highest BCUT2D eigenvalue weighted by Crippen LogP contribution is 2.27. The molecular formula is C21H28N2O2. The molecule has 1 unspecified atom stereocenters.